The molecule has 7 nitrogen and oxygen atoms in total. The zero-order valence-corrected chi connectivity index (χ0v) is 14.9. The van der Waals surface area contributed by atoms with Crippen LogP contribution in [0.2, 0.25) is 0 Å². The average Bonchev–Trinajstić information content (AvgIpc) is 3.16. The van der Waals surface area contributed by atoms with Crippen molar-refractivity contribution in [1.29, 1.82) is 0 Å². The molecule has 2 rings (SSSR count). The minimum Gasteiger partial charge on any atom is -0.357 e. The first-order valence-corrected chi connectivity index (χ1v) is 8.90. The highest BCUT2D eigenvalue weighted by Gasteiger charge is 2.02. The normalized spacial score (nSPS) is 11.7. The Labute approximate surface area is 141 Å². The molecule has 2 aromatic heterocycles. The summed E-state index contributed by atoms with van der Waals surface area (Å²) in [7, 11) is 0. The van der Waals surface area contributed by atoms with Gasteiger partial charge in [0, 0.05) is 44.4 Å². The van der Waals surface area contributed by atoms with Gasteiger partial charge in [0.15, 0.2) is 5.96 Å². The quantitative estimate of drug-likeness (QED) is 0.563. The summed E-state index contributed by atoms with van der Waals surface area (Å²) < 4.78 is 2.06. The Balaban J connectivity index is 1.79. The van der Waals surface area contributed by atoms with Crippen LogP contribution in [0.5, 0.6) is 0 Å². The predicted octanol–water partition coefficient (Wildman–Crippen LogP) is 1.40. The molecule has 0 unspecified atom stereocenters. The van der Waals surface area contributed by atoms with Gasteiger partial charge in [-0.05, 0) is 13.8 Å². The number of thiazole rings is 1. The smallest absolute Gasteiger partial charge is 0.191 e. The molecule has 0 atom stereocenters. The Hall–Kier alpha value is -1.96. The molecule has 2 heterocycles. The first kappa shape index (κ1) is 17.4. The van der Waals surface area contributed by atoms with Crippen LogP contribution in [0.25, 0.3) is 0 Å². The fraction of sp³-hybridized carbons (Fsp3) is 0.600. The molecule has 23 heavy (non-hydrogen) atoms. The molecule has 0 saturated heterocycles. The van der Waals surface area contributed by atoms with Crippen LogP contribution in [0, 0.1) is 6.92 Å². The first-order valence-electron chi connectivity index (χ1n) is 8.02. The summed E-state index contributed by atoms with van der Waals surface area (Å²) in [6.07, 6.45) is 3.53. The van der Waals surface area contributed by atoms with E-state index < -0.39 is 0 Å². The maximum absolute atomic E-state index is 4.60. The van der Waals surface area contributed by atoms with Crippen molar-refractivity contribution in [3.8, 4) is 0 Å². The van der Waals surface area contributed by atoms with E-state index >= 15 is 0 Å². The molecule has 0 aromatic carbocycles. The number of hydrogen-bond acceptors (Lipinski definition) is 5. The Bertz CT molecular complexity index is 617. The predicted molar refractivity (Wildman–Crippen MR) is 93.9 cm³/mol. The number of rotatable bonds is 8. The van der Waals surface area contributed by atoms with Gasteiger partial charge in [-0.3, -0.25) is 4.99 Å². The minimum absolute atomic E-state index is 0.728. The largest absolute Gasteiger partial charge is 0.357 e. The number of nitrogens with one attached hydrogen (secondary N) is 2. The third kappa shape index (κ3) is 5.63. The topological polar surface area (TPSA) is 80.0 Å². The monoisotopic (exact) mass is 335 g/mol. The standard InChI is InChI=1S/C15H25N7S/c1-4-14-21-19-11-22(14)9-8-18-15(16-5-2)17-7-6-13-10-23-12(3)20-13/h10-11H,4-9H2,1-3H3,(H2,16,17,18). The first-order chi connectivity index (χ1) is 11.2. The molecule has 0 aliphatic heterocycles. The highest BCUT2D eigenvalue weighted by molar-refractivity contribution is 7.09. The Morgan fingerprint density at radius 3 is 2.91 bits per heavy atom. The summed E-state index contributed by atoms with van der Waals surface area (Å²) in [6, 6.07) is 0. The van der Waals surface area contributed by atoms with Crippen LogP contribution < -0.4 is 10.6 Å². The van der Waals surface area contributed by atoms with Gasteiger partial charge in [-0.15, -0.1) is 21.5 Å². The molecule has 0 saturated carbocycles. The average molecular weight is 335 g/mol. The van der Waals surface area contributed by atoms with Gasteiger partial charge in [0.05, 0.1) is 10.7 Å². The fourth-order valence-corrected chi connectivity index (χ4v) is 2.83. The Morgan fingerprint density at radius 1 is 1.35 bits per heavy atom. The van der Waals surface area contributed by atoms with Crippen molar-refractivity contribution in [3.63, 3.8) is 0 Å². The van der Waals surface area contributed by atoms with Crippen LogP contribution in [0.15, 0.2) is 16.7 Å². The third-order valence-electron chi connectivity index (χ3n) is 3.31. The van der Waals surface area contributed by atoms with E-state index in [-0.39, 0.29) is 0 Å². The molecule has 0 fully saturated rings. The highest BCUT2D eigenvalue weighted by Crippen LogP contribution is 2.08. The summed E-state index contributed by atoms with van der Waals surface area (Å²) in [5, 5.41) is 17.8. The van der Waals surface area contributed by atoms with Gasteiger partial charge in [0.2, 0.25) is 0 Å². The summed E-state index contributed by atoms with van der Waals surface area (Å²) in [6.45, 7) is 9.35. The molecule has 126 valence electrons. The van der Waals surface area contributed by atoms with Gasteiger partial charge in [-0.1, -0.05) is 6.92 Å². The lowest BCUT2D eigenvalue weighted by molar-refractivity contribution is 0.632. The van der Waals surface area contributed by atoms with Crippen LogP contribution in [-0.4, -0.2) is 45.3 Å². The molecular weight excluding hydrogens is 310 g/mol. The second kappa shape index (κ2) is 9.24. The summed E-state index contributed by atoms with van der Waals surface area (Å²) in [4.78, 5) is 9.06. The molecule has 2 N–H and O–H groups in total. The van der Waals surface area contributed by atoms with Crippen LogP contribution in [0.1, 0.15) is 30.4 Å². The van der Waals surface area contributed by atoms with E-state index in [9.17, 15) is 0 Å². The van der Waals surface area contributed by atoms with Crippen molar-refractivity contribution < 1.29 is 0 Å². The van der Waals surface area contributed by atoms with E-state index in [2.05, 4.69) is 54.6 Å². The fourth-order valence-electron chi connectivity index (χ4n) is 2.18. The van der Waals surface area contributed by atoms with Crippen molar-refractivity contribution in [2.75, 3.05) is 19.6 Å². The van der Waals surface area contributed by atoms with E-state index in [0.29, 0.717) is 0 Å². The molecule has 0 spiro atoms. The van der Waals surface area contributed by atoms with Crippen molar-refractivity contribution in [2.24, 2.45) is 4.99 Å². The number of aromatic nitrogens is 4. The zero-order chi connectivity index (χ0) is 16.5. The number of nitrogens with zero attached hydrogens (tertiary/aromatic N) is 5. The molecule has 8 heteroatoms. The van der Waals surface area contributed by atoms with Gasteiger partial charge >= 0.3 is 0 Å². The van der Waals surface area contributed by atoms with Gasteiger partial charge in [0.25, 0.3) is 0 Å². The third-order valence-corrected chi connectivity index (χ3v) is 4.13. The van der Waals surface area contributed by atoms with Crippen molar-refractivity contribution >= 4 is 17.3 Å². The minimum atomic E-state index is 0.728. The summed E-state index contributed by atoms with van der Waals surface area (Å²) in [5.41, 5.74) is 1.11. The maximum atomic E-state index is 4.60. The van der Waals surface area contributed by atoms with Gasteiger partial charge < -0.3 is 15.2 Å². The lowest BCUT2D eigenvalue weighted by atomic mass is 10.3. The summed E-state index contributed by atoms with van der Waals surface area (Å²) in [5.74, 6) is 1.85. The highest BCUT2D eigenvalue weighted by atomic mass is 32.1. The number of hydrogen-bond donors (Lipinski definition) is 2. The lowest BCUT2D eigenvalue weighted by Gasteiger charge is -2.12. The SMILES string of the molecule is CCNC(=NCCc1csc(C)n1)NCCn1cnnc1CC. The number of guanidine groups is 1. The van der Waals surface area contributed by atoms with E-state index in [0.717, 1.165) is 61.5 Å². The van der Waals surface area contributed by atoms with E-state index in [1.807, 2.05) is 6.92 Å². The van der Waals surface area contributed by atoms with E-state index in [1.165, 1.54) is 0 Å². The van der Waals surface area contributed by atoms with Crippen LogP contribution >= 0.6 is 11.3 Å². The van der Waals surface area contributed by atoms with Gasteiger partial charge in [0.1, 0.15) is 12.2 Å². The molecular formula is C15H25N7S. The van der Waals surface area contributed by atoms with Crippen molar-refractivity contribution in [2.45, 2.75) is 40.2 Å². The Kier molecular flexibility index (Phi) is 6.99. The molecule has 0 radical (unpaired) electrons. The molecule has 2 aromatic rings. The van der Waals surface area contributed by atoms with E-state index in [1.54, 1.807) is 17.7 Å². The molecule has 0 aliphatic carbocycles. The van der Waals surface area contributed by atoms with Crippen molar-refractivity contribution in [1.82, 2.24) is 30.4 Å². The molecule has 0 bridgehead atoms. The van der Waals surface area contributed by atoms with Crippen LogP contribution in [0.3, 0.4) is 0 Å². The summed E-state index contributed by atoms with van der Waals surface area (Å²) >= 11 is 1.68. The number of aryl methyl sites for hydroxylation is 2. The maximum Gasteiger partial charge on any atom is 0.191 e. The lowest BCUT2D eigenvalue weighted by Crippen LogP contribution is -2.39. The van der Waals surface area contributed by atoms with E-state index in [4.69, 9.17) is 0 Å². The second-order valence-electron chi connectivity index (χ2n) is 5.09. The Morgan fingerprint density at radius 2 is 2.22 bits per heavy atom. The zero-order valence-electron chi connectivity index (χ0n) is 14.0. The molecule has 0 amide bonds. The van der Waals surface area contributed by atoms with Crippen molar-refractivity contribution in [3.05, 3.63) is 28.2 Å². The van der Waals surface area contributed by atoms with Crippen LogP contribution in [-0.2, 0) is 19.4 Å². The van der Waals surface area contributed by atoms with Crippen LogP contribution in [0.4, 0.5) is 0 Å². The van der Waals surface area contributed by atoms with Gasteiger partial charge in [-0.2, -0.15) is 0 Å². The second-order valence-corrected chi connectivity index (χ2v) is 6.15. The molecule has 0 aliphatic rings. The number of aliphatic imine (C=N–C) groups is 1. The van der Waals surface area contributed by atoms with Gasteiger partial charge in [-0.25, -0.2) is 4.98 Å².